The van der Waals surface area contributed by atoms with Crippen LogP contribution >= 0.6 is 0 Å². The average Bonchev–Trinajstić information content (AvgIpc) is 2.99. The Morgan fingerprint density at radius 3 is 2.05 bits per heavy atom. The molecule has 2 aromatic rings. The molecule has 0 aromatic heterocycles. The molecule has 1 aliphatic heterocycles. The quantitative estimate of drug-likeness (QED) is 0.235. The molecular formula is C31H44N4O6. The third-order valence-corrected chi connectivity index (χ3v) is 6.52. The van der Waals surface area contributed by atoms with Crippen LogP contribution in [0.2, 0.25) is 0 Å². The van der Waals surface area contributed by atoms with E-state index in [-0.39, 0.29) is 24.7 Å². The summed E-state index contributed by atoms with van der Waals surface area (Å²) in [5, 5.41) is 6.04. The molecule has 0 radical (unpaired) electrons. The maximum Gasteiger partial charge on any atom is 0.227 e. The summed E-state index contributed by atoms with van der Waals surface area (Å²) < 4.78 is 21.7. The Balaban J connectivity index is 1.39. The van der Waals surface area contributed by atoms with Gasteiger partial charge in [0, 0.05) is 44.2 Å². The van der Waals surface area contributed by atoms with Crippen molar-refractivity contribution in [2.45, 2.75) is 32.7 Å². The third kappa shape index (κ3) is 10.2. The monoisotopic (exact) mass is 568 g/mol. The van der Waals surface area contributed by atoms with Gasteiger partial charge in [0.15, 0.2) is 0 Å². The number of amides is 2. The van der Waals surface area contributed by atoms with Crippen LogP contribution < -0.4 is 21.3 Å². The van der Waals surface area contributed by atoms with E-state index in [0.29, 0.717) is 65.0 Å². The van der Waals surface area contributed by atoms with Gasteiger partial charge in [-0.1, -0.05) is 49.4 Å². The second-order valence-electron chi connectivity index (χ2n) is 9.49. The zero-order valence-corrected chi connectivity index (χ0v) is 24.3. The molecule has 2 amide bonds. The third-order valence-electron chi connectivity index (χ3n) is 6.52. The van der Waals surface area contributed by atoms with E-state index in [1.54, 1.807) is 4.90 Å². The smallest absolute Gasteiger partial charge is 0.227 e. The maximum absolute atomic E-state index is 13.4. The second kappa shape index (κ2) is 18.1. The molecule has 0 saturated carbocycles. The number of nitrogens with two attached hydrogens (primary N) is 1. The van der Waals surface area contributed by atoms with E-state index in [2.05, 4.69) is 17.6 Å². The van der Waals surface area contributed by atoms with Crippen molar-refractivity contribution in [2.24, 2.45) is 5.73 Å². The first-order valence-corrected chi connectivity index (χ1v) is 14.3. The second-order valence-corrected chi connectivity index (χ2v) is 9.49. The fourth-order valence-corrected chi connectivity index (χ4v) is 4.48. The predicted octanol–water partition coefficient (Wildman–Crippen LogP) is 2.91. The van der Waals surface area contributed by atoms with E-state index < -0.39 is 0 Å². The van der Waals surface area contributed by atoms with Gasteiger partial charge in [-0.25, -0.2) is 0 Å². The van der Waals surface area contributed by atoms with E-state index in [1.807, 2.05) is 55.6 Å². The van der Waals surface area contributed by atoms with Gasteiger partial charge in [0.25, 0.3) is 0 Å². The highest BCUT2D eigenvalue weighted by Crippen LogP contribution is 2.34. The molecule has 0 saturated heterocycles. The molecule has 0 unspecified atom stereocenters. The van der Waals surface area contributed by atoms with Crippen molar-refractivity contribution in [1.29, 1.82) is 0 Å². The van der Waals surface area contributed by atoms with Crippen molar-refractivity contribution >= 4 is 28.9 Å². The van der Waals surface area contributed by atoms with Gasteiger partial charge in [0.2, 0.25) is 11.8 Å². The summed E-state index contributed by atoms with van der Waals surface area (Å²) in [5.41, 5.74) is 11.4. The molecule has 10 heteroatoms. The standard InChI is InChI=1S/C31H44N4O6/c1-3-15-38-17-19-40-21-22-41-20-18-39-16-14-34-28(36)12-13-29(37)35-23-24-8-4-5-9-25(24)31(33-2)30(32)26-10-6-7-11-27(26)35/h4-11,33H,3,12-23,32H2,1-2H3,(H,34,36)/b31-30-. The molecule has 41 heavy (non-hydrogen) atoms. The summed E-state index contributed by atoms with van der Waals surface area (Å²) in [6.45, 7) is 6.98. The Labute approximate surface area is 243 Å². The van der Waals surface area contributed by atoms with Crippen LogP contribution in [0.3, 0.4) is 0 Å². The molecule has 0 fully saturated rings. The lowest BCUT2D eigenvalue weighted by Gasteiger charge is -2.30. The van der Waals surface area contributed by atoms with Crippen LogP contribution in [0.25, 0.3) is 11.4 Å². The topological polar surface area (TPSA) is 124 Å². The number of ether oxygens (including phenoxy) is 4. The van der Waals surface area contributed by atoms with Crippen molar-refractivity contribution < 1.29 is 28.5 Å². The zero-order valence-electron chi connectivity index (χ0n) is 24.3. The van der Waals surface area contributed by atoms with Gasteiger partial charge in [-0.15, -0.1) is 0 Å². The van der Waals surface area contributed by atoms with Gasteiger partial charge >= 0.3 is 0 Å². The van der Waals surface area contributed by atoms with Crippen LogP contribution in [0, 0.1) is 0 Å². The molecule has 0 aliphatic carbocycles. The molecule has 1 heterocycles. The van der Waals surface area contributed by atoms with Crippen molar-refractivity contribution in [3.05, 3.63) is 65.2 Å². The van der Waals surface area contributed by atoms with Crippen LogP contribution in [0.5, 0.6) is 0 Å². The van der Waals surface area contributed by atoms with Crippen LogP contribution in [-0.2, 0) is 35.1 Å². The van der Waals surface area contributed by atoms with Crippen LogP contribution in [0.4, 0.5) is 5.69 Å². The molecular weight excluding hydrogens is 524 g/mol. The highest BCUT2D eigenvalue weighted by Gasteiger charge is 2.25. The molecule has 10 nitrogen and oxygen atoms in total. The number of hydrogen-bond acceptors (Lipinski definition) is 8. The summed E-state index contributed by atoms with van der Waals surface area (Å²) >= 11 is 0. The lowest BCUT2D eigenvalue weighted by molar-refractivity contribution is -0.125. The van der Waals surface area contributed by atoms with Gasteiger partial charge < -0.3 is 40.2 Å². The predicted molar refractivity (Wildman–Crippen MR) is 160 cm³/mol. The minimum Gasteiger partial charge on any atom is -0.396 e. The normalized spacial score (nSPS) is 14.5. The average molecular weight is 569 g/mol. The first kappa shape index (κ1) is 32.1. The number of fused-ring (bicyclic) bond motifs is 2. The molecule has 2 aromatic carbocycles. The highest BCUT2D eigenvalue weighted by molar-refractivity contribution is 6.01. The summed E-state index contributed by atoms with van der Waals surface area (Å²) in [5.74, 6) is -0.343. The van der Waals surface area contributed by atoms with Gasteiger partial charge in [-0.3, -0.25) is 9.59 Å². The molecule has 0 atom stereocenters. The maximum atomic E-state index is 13.4. The lowest BCUT2D eigenvalue weighted by atomic mass is 9.96. The number of carbonyl (C=O) groups is 2. The number of carbonyl (C=O) groups excluding carboxylic acids is 2. The van der Waals surface area contributed by atoms with E-state index in [1.165, 1.54) is 0 Å². The first-order chi connectivity index (χ1) is 20.1. The van der Waals surface area contributed by atoms with E-state index in [4.69, 9.17) is 24.7 Å². The SMILES string of the molecule is CCCOCCOCCOCCOCCNC(=O)CCC(=O)N1Cc2ccccc2/C(NC)=C(/N)c2ccccc21. The van der Waals surface area contributed by atoms with Crippen LogP contribution in [-0.4, -0.2) is 78.3 Å². The Bertz CT molecular complexity index is 1140. The fourth-order valence-electron chi connectivity index (χ4n) is 4.48. The Morgan fingerprint density at radius 2 is 1.39 bits per heavy atom. The minimum absolute atomic E-state index is 0.0757. The summed E-state index contributed by atoms with van der Waals surface area (Å²) in [6.07, 6.45) is 1.16. The Hall–Kier alpha value is -3.44. The summed E-state index contributed by atoms with van der Waals surface area (Å²) in [7, 11) is 1.84. The largest absolute Gasteiger partial charge is 0.396 e. The van der Waals surface area contributed by atoms with E-state index in [0.717, 1.165) is 41.1 Å². The summed E-state index contributed by atoms with van der Waals surface area (Å²) in [6, 6.07) is 15.5. The van der Waals surface area contributed by atoms with Crippen LogP contribution in [0.1, 0.15) is 42.9 Å². The fraction of sp³-hybridized carbons (Fsp3) is 0.484. The van der Waals surface area contributed by atoms with Crippen molar-refractivity contribution in [3.63, 3.8) is 0 Å². The Morgan fingerprint density at radius 1 is 0.805 bits per heavy atom. The minimum atomic E-state index is -0.198. The Kier molecular flexibility index (Phi) is 14.2. The molecule has 4 N–H and O–H groups in total. The number of benzene rings is 2. The molecule has 1 aliphatic rings. The molecule has 3 rings (SSSR count). The number of anilines is 1. The number of rotatable bonds is 18. The molecule has 224 valence electrons. The van der Waals surface area contributed by atoms with E-state index in [9.17, 15) is 9.59 Å². The van der Waals surface area contributed by atoms with Gasteiger partial charge in [0.1, 0.15) is 0 Å². The number of nitrogens with zero attached hydrogens (tertiary/aromatic N) is 1. The lowest BCUT2D eigenvalue weighted by Crippen LogP contribution is -2.35. The zero-order chi connectivity index (χ0) is 29.3. The van der Waals surface area contributed by atoms with E-state index >= 15 is 0 Å². The van der Waals surface area contributed by atoms with Crippen molar-refractivity contribution in [1.82, 2.24) is 10.6 Å². The summed E-state index contributed by atoms with van der Waals surface area (Å²) in [4.78, 5) is 27.6. The number of hydrogen-bond donors (Lipinski definition) is 3. The molecule has 0 bridgehead atoms. The van der Waals surface area contributed by atoms with Crippen molar-refractivity contribution in [3.8, 4) is 0 Å². The highest BCUT2D eigenvalue weighted by atomic mass is 16.6. The first-order valence-electron chi connectivity index (χ1n) is 14.3. The van der Waals surface area contributed by atoms with Crippen molar-refractivity contribution in [2.75, 3.05) is 71.3 Å². The van der Waals surface area contributed by atoms with Gasteiger partial charge in [-0.2, -0.15) is 0 Å². The van der Waals surface area contributed by atoms with Crippen LogP contribution in [0.15, 0.2) is 48.5 Å². The number of para-hydroxylation sites is 1. The number of nitrogens with one attached hydrogen (secondary N) is 2. The van der Waals surface area contributed by atoms with Gasteiger partial charge in [0.05, 0.1) is 69.9 Å². The van der Waals surface area contributed by atoms with Gasteiger partial charge in [-0.05, 0) is 18.1 Å². The molecule has 0 spiro atoms.